The second-order valence-electron chi connectivity index (χ2n) is 7.47. The van der Waals surface area contributed by atoms with E-state index in [1.165, 1.54) is 15.8 Å². The fourth-order valence-electron chi connectivity index (χ4n) is 4.15. The molecular formula is C20H26N4O2. The van der Waals surface area contributed by atoms with Crippen molar-refractivity contribution in [1.29, 1.82) is 0 Å². The number of amides is 1. The van der Waals surface area contributed by atoms with Crippen LogP contribution < -0.4 is 5.69 Å². The minimum absolute atomic E-state index is 0.0107. The third kappa shape index (κ3) is 3.20. The van der Waals surface area contributed by atoms with E-state index in [4.69, 9.17) is 0 Å². The Morgan fingerprint density at radius 2 is 1.92 bits per heavy atom. The zero-order chi connectivity index (χ0) is 18.1. The van der Waals surface area contributed by atoms with Gasteiger partial charge in [0.05, 0.1) is 6.04 Å². The van der Waals surface area contributed by atoms with Crippen LogP contribution in [0.1, 0.15) is 55.1 Å². The predicted molar refractivity (Wildman–Crippen MR) is 98.9 cm³/mol. The topological polar surface area (TPSA) is 60.1 Å². The molecule has 1 amide bonds. The lowest BCUT2D eigenvalue weighted by Gasteiger charge is -2.25. The van der Waals surface area contributed by atoms with E-state index in [9.17, 15) is 9.59 Å². The van der Waals surface area contributed by atoms with Crippen molar-refractivity contribution in [2.45, 2.75) is 64.6 Å². The highest BCUT2D eigenvalue weighted by atomic mass is 16.2. The van der Waals surface area contributed by atoms with Crippen molar-refractivity contribution in [2.75, 3.05) is 6.54 Å². The van der Waals surface area contributed by atoms with Crippen LogP contribution in [0.2, 0.25) is 0 Å². The Morgan fingerprint density at radius 1 is 1.12 bits per heavy atom. The fourth-order valence-corrected chi connectivity index (χ4v) is 4.15. The maximum Gasteiger partial charge on any atom is 0.346 e. The fraction of sp³-hybridized carbons (Fsp3) is 0.550. The number of aromatic nitrogens is 3. The molecule has 0 saturated carbocycles. The molecule has 1 unspecified atom stereocenters. The molecule has 2 aliphatic rings. The van der Waals surface area contributed by atoms with Crippen molar-refractivity contribution in [2.24, 2.45) is 0 Å². The molecule has 0 spiro atoms. The standard InChI is InChI=1S/C20H26N4O2/c1-15-8-10-16(11-9-15)17-6-5-13-22(17)19(25)14-24-20(26)23-12-4-2-3-7-18(23)21-24/h8-11,17H,2-7,12-14H2,1H3. The van der Waals surface area contributed by atoms with Gasteiger partial charge in [0.1, 0.15) is 12.4 Å². The molecule has 2 aliphatic heterocycles. The summed E-state index contributed by atoms with van der Waals surface area (Å²) in [6.45, 7) is 3.58. The molecule has 1 saturated heterocycles. The van der Waals surface area contributed by atoms with Gasteiger partial charge in [-0.25, -0.2) is 9.48 Å². The van der Waals surface area contributed by atoms with Gasteiger partial charge in [-0.2, -0.15) is 5.10 Å². The Kier molecular flexibility index (Phi) is 4.66. The number of likely N-dealkylation sites (tertiary alicyclic amines) is 1. The Labute approximate surface area is 153 Å². The van der Waals surface area contributed by atoms with Crippen LogP contribution in [0.15, 0.2) is 29.1 Å². The summed E-state index contributed by atoms with van der Waals surface area (Å²) >= 11 is 0. The van der Waals surface area contributed by atoms with Crippen LogP contribution in [0.5, 0.6) is 0 Å². The van der Waals surface area contributed by atoms with Crippen LogP contribution in [-0.2, 0) is 24.3 Å². The first-order chi connectivity index (χ1) is 12.6. The van der Waals surface area contributed by atoms with Gasteiger partial charge in [0.25, 0.3) is 0 Å². The zero-order valence-electron chi connectivity index (χ0n) is 15.4. The molecule has 0 N–H and O–H groups in total. The SMILES string of the molecule is Cc1ccc(C2CCCN2C(=O)Cn2nc3n(c2=O)CCCCC3)cc1. The predicted octanol–water partition coefficient (Wildman–Crippen LogP) is 2.44. The molecule has 1 aromatic carbocycles. The Balaban J connectivity index is 1.53. The van der Waals surface area contributed by atoms with E-state index in [1.54, 1.807) is 4.57 Å². The van der Waals surface area contributed by atoms with Crippen molar-refractivity contribution in [3.05, 3.63) is 51.7 Å². The number of rotatable bonds is 3. The highest BCUT2D eigenvalue weighted by Crippen LogP contribution is 2.32. The second-order valence-corrected chi connectivity index (χ2v) is 7.47. The third-order valence-electron chi connectivity index (χ3n) is 5.60. The van der Waals surface area contributed by atoms with Gasteiger partial charge in [0.2, 0.25) is 5.91 Å². The highest BCUT2D eigenvalue weighted by molar-refractivity contribution is 5.76. The van der Waals surface area contributed by atoms with Crippen LogP contribution in [0, 0.1) is 6.92 Å². The minimum atomic E-state index is -0.138. The molecule has 0 radical (unpaired) electrons. The summed E-state index contributed by atoms with van der Waals surface area (Å²) in [6, 6.07) is 8.51. The first-order valence-corrected chi connectivity index (χ1v) is 9.66. The molecule has 26 heavy (non-hydrogen) atoms. The minimum Gasteiger partial charge on any atom is -0.334 e. The number of carbonyl (C=O) groups excluding carboxylic acids is 1. The lowest BCUT2D eigenvalue weighted by molar-refractivity contribution is -0.133. The number of hydrogen-bond acceptors (Lipinski definition) is 3. The Bertz CT molecular complexity index is 850. The summed E-state index contributed by atoms with van der Waals surface area (Å²) in [4.78, 5) is 27.4. The number of hydrogen-bond donors (Lipinski definition) is 0. The Hall–Kier alpha value is -2.37. The van der Waals surface area contributed by atoms with E-state index in [2.05, 4.69) is 36.3 Å². The summed E-state index contributed by atoms with van der Waals surface area (Å²) in [6.07, 6.45) is 6.00. The summed E-state index contributed by atoms with van der Waals surface area (Å²) in [5.74, 6) is 0.820. The van der Waals surface area contributed by atoms with Gasteiger partial charge in [-0.1, -0.05) is 36.2 Å². The van der Waals surface area contributed by atoms with E-state index >= 15 is 0 Å². The molecule has 1 atom stereocenters. The number of aryl methyl sites for hydroxylation is 2. The van der Waals surface area contributed by atoms with Gasteiger partial charge in [0.15, 0.2) is 0 Å². The molecule has 138 valence electrons. The van der Waals surface area contributed by atoms with E-state index < -0.39 is 0 Å². The third-order valence-corrected chi connectivity index (χ3v) is 5.60. The van der Waals surface area contributed by atoms with Crippen LogP contribution >= 0.6 is 0 Å². The molecule has 6 heteroatoms. The van der Waals surface area contributed by atoms with Crippen LogP contribution in [-0.4, -0.2) is 31.7 Å². The zero-order valence-corrected chi connectivity index (χ0v) is 15.4. The van der Waals surface area contributed by atoms with Gasteiger partial charge < -0.3 is 4.90 Å². The number of fused-ring (bicyclic) bond motifs is 1. The quantitative estimate of drug-likeness (QED) is 0.851. The second kappa shape index (κ2) is 7.09. The molecular weight excluding hydrogens is 328 g/mol. The maximum absolute atomic E-state index is 12.9. The molecule has 4 rings (SSSR count). The largest absolute Gasteiger partial charge is 0.346 e. The molecule has 0 bridgehead atoms. The maximum atomic E-state index is 12.9. The van der Waals surface area contributed by atoms with Gasteiger partial charge in [0, 0.05) is 19.5 Å². The van der Waals surface area contributed by atoms with E-state index in [0.717, 1.165) is 57.4 Å². The smallest absolute Gasteiger partial charge is 0.334 e. The van der Waals surface area contributed by atoms with Crippen molar-refractivity contribution in [3.8, 4) is 0 Å². The molecule has 2 aromatic rings. The van der Waals surface area contributed by atoms with E-state index in [-0.39, 0.29) is 24.2 Å². The number of benzene rings is 1. The normalized spacial score (nSPS) is 20.0. The first kappa shape index (κ1) is 17.1. The molecule has 6 nitrogen and oxygen atoms in total. The summed E-state index contributed by atoms with van der Waals surface area (Å²) < 4.78 is 3.12. The highest BCUT2D eigenvalue weighted by Gasteiger charge is 2.30. The molecule has 1 fully saturated rings. The lowest BCUT2D eigenvalue weighted by atomic mass is 10.0. The van der Waals surface area contributed by atoms with Crippen LogP contribution in [0.4, 0.5) is 0 Å². The van der Waals surface area contributed by atoms with Crippen LogP contribution in [0.25, 0.3) is 0 Å². The van der Waals surface area contributed by atoms with Gasteiger partial charge in [-0.05, 0) is 38.2 Å². The average Bonchev–Trinajstić information content (AvgIpc) is 3.15. The van der Waals surface area contributed by atoms with Gasteiger partial charge >= 0.3 is 5.69 Å². The summed E-state index contributed by atoms with van der Waals surface area (Å²) in [5.41, 5.74) is 2.26. The molecule has 0 aliphatic carbocycles. The van der Waals surface area contributed by atoms with Crippen molar-refractivity contribution >= 4 is 5.91 Å². The summed E-state index contributed by atoms with van der Waals surface area (Å²) in [5, 5.41) is 4.45. The van der Waals surface area contributed by atoms with Crippen molar-refractivity contribution < 1.29 is 4.79 Å². The first-order valence-electron chi connectivity index (χ1n) is 9.66. The molecule has 3 heterocycles. The van der Waals surface area contributed by atoms with Crippen LogP contribution in [0.3, 0.4) is 0 Å². The average molecular weight is 354 g/mol. The van der Waals surface area contributed by atoms with E-state index in [0.29, 0.717) is 0 Å². The summed E-state index contributed by atoms with van der Waals surface area (Å²) in [7, 11) is 0. The van der Waals surface area contributed by atoms with E-state index in [1.807, 2.05) is 4.90 Å². The Morgan fingerprint density at radius 3 is 2.73 bits per heavy atom. The van der Waals surface area contributed by atoms with Gasteiger partial charge in [-0.15, -0.1) is 0 Å². The number of nitrogens with zero attached hydrogens (tertiary/aromatic N) is 4. The monoisotopic (exact) mass is 354 g/mol. The lowest BCUT2D eigenvalue weighted by Crippen LogP contribution is -2.37. The number of carbonyl (C=O) groups is 1. The van der Waals surface area contributed by atoms with Crippen molar-refractivity contribution in [3.63, 3.8) is 0 Å². The van der Waals surface area contributed by atoms with Gasteiger partial charge in [-0.3, -0.25) is 9.36 Å². The van der Waals surface area contributed by atoms with Crippen molar-refractivity contribution in [1.82, 2.24) is 19.2 Å². The molecule has 1 aromatic heterocycles.